The predicted molar refractivity (Wildman–Crippen MR) is 93.7 cm³/mol. The Kier molecular flexibility index (Phi) is 4.61. The van der Waals surface area contributed by atoms with Crippen LogP contribution in [0.5, 0.6) is 11.5 Å². The SMILES string of the molecule is COc1ccc(C(C)NC(=O)c2cc3c(F)cccc3[nH]2)cc1OC. The molecule has 1 amide bonds. The number of amides is 1. The number of nitrogens with one attached hydrogen (secondary N) is 2. The van der Waals surface area contributed by atoms with Gasteiger partial charge in [0, 0.05) is 10.9 Å². The zero-order valence-electron chi connectivity index (χ0n) is 14.2. The largest absolute Gasteiger partial charge is 0.493 e. The van der Waals surface area contributed by atoms with E-state index in [0.717, 1.165) is 5.56 Å². The van der Waals surface area contributed by atoms with Crippen molar-refractivity contribution >= 4 is 16.8 Å². The lowest BCUT2D eigenvalue weighted by Crippen LogP contribution is -2.26. The third-order valence-corrected chi connectivity index (χ3v) is 4.11. The second-order valence-corrected chi connectivity index (χ2v) is 5.69. The van der Waals surface area contributed by atoms with Gasteiger partial charge in [0.25, 0.3) is 5.91 Å². The summed E-state index contributed by atoms with van der Waals surface area (Å²) in [5.41, 5.74) is 1.77. The number of H-pyrrole nitrogens is 1. The van der Waals surface area contributed by atoms with E-state index in [-0.39, 0.29) is 17.8 Å². The fourth-order valence-electron chi connectivity index (χ4n) is 2.72. The maximum absolute atomic E-state index is 13.8. The molecule has 0 fully saturated rings. The number of fused-ring (bicyclic) bond motifs is 1. The molecular formula is C19H19FN2O3. The molecule has 2 N–H and O–H groups in total. The van der Waals surface area contributed by atoms with Crippen LogP contribution in [-0.4, -0.2) is 25.1 Å². The summed E-state index contributed by atoms with van der Waals surface area (Å²) in [4.78, 5) is 15.4. The molecule has 0 aliphatic carbocycles. The Morgan fingerprint density at radius 2 is 1.88 bits per heavy atom. The molecule has 0 aliphatic heterocycles. The molecule has 1 atom stereocenters. The molecule has 130 valence electrons. The summed E-state index contributed by atoms with van der Waals surface area (Å²) in [5, 5.41) is 3.29. The van der Waals surface area contributed by atoms with E-state index in [4.69, 9.17) is 9.47 Å². The van der Waals surface area contributed by atoms with Gasteiger partial charge in [0.05, 0.1) is 20.3 Å². The van der Waals surface area contributed by atoms with E-state index in [9.17, 15) is 9.18 Å². The molecule has 6 heteroatoms. The average molecular weight is 342 g/mol. The first-order valence-electron chi connectivity index (χ1n) is 7.83. The maximum atomic E-state index is 13.8. The Bertz CT molecular complexity index is 920. The van der Waals surface area contributed by atoms with Crippen molar-refractivity contribution in [3.05, 3.63) is 59.5 Å². The molecule has 5 nitrogen and oxygen atoms in total. The minimum atomic E-state index is -0.360. The first-order valence-corrected chi connectivity index (χ1v) is 7.83. The lowest BCUT2D eigenvalue weighted by molar-refractivity contribution is 0.0935. The number of carbonyl (C=O) groups excluding carboxylic acids is 1. The van der Waals surface area contributed by atoms with Crippen molar-refractivity contribution in [2.24, 2.45) is 0 Å². The third-order valence-electron chi connectivity index (χ3n) is 4.11. The molecule has 0 aliphatic rings. The van der Waals surface area contributed by atoms with Crippen LogP contribution in [0.4, 0.5) is 4.39 Å². The maximum Gasteiger partial charge on any atom is 0.268 e. The van der Waals surface area contributed by atoms with Crippen molar-refractivity contribution in [3.8, 4) is 11.5 Å². The summed E-state index contributed by atoms with van der Waals surface area (Å²) in [6, 6.07) is 11.4. The summed E-state index contributed by atoms with van der Waals surface area (Å²) in [5.74, 6) is 0.545. The Hall–Kier alpha value is -3.02. The molecule has 0 saturated heterocycles. The normalized spacial score (nSPS) is 12.0. The lowest BCUT2D eigenvalue weighted by Gasteiger charge is -2.16. The summed E-state index contributed by atoms with van der Waals surface area (Å²) < 4.78 is 24.3. The Labute approximate surface area is 144 Å². The van der Waals surface area contributed by atoms with E-state index in [1.165, 1.54) is 12.1 Å². The van der Waals surface area contributed by atoms with Crippen molar-refractivity contribution in [1.29, 1.82) is 0 Å². The molecule has 0 spiro atoms. The highest BCUT2D eigenvalue weighted by atomic mass is 19.1. The smallest absolute Gasteiger partial charge is 0.268 e. The van der Waals surface area contributed by atoms with Gasteiger partial charge in [-0.15, -0.1) is 0 Å². The van der Waals surface area contributed by atoms with Crippen LogP contribution in [0.3, 0.4) is 0 Å². The minimum Gasteiger partial charge on any atom is -0.493 e. The van der Waals surface area contributed by atoms with E-state index in [2.05, 4.69) is 10.3 Å². The quantitative estimate of drug-likeness (QED) is 0.741. The predicted octanol–water partition coefficient (Wildman–Crippen LogP) is 3.82. The summed E-state index contributed by atoms with van der Waals surface area (Å²) in [6.07, 6.45) is 0. The molecular weight excluding hydrogens is 323 g/mol. The first-order chi connectivity index (χ1) is 12.0. The van der Waals surface area contributed by atoms with Gasteiger partial charge in [-0.1, -0.05) is 12.1 Å². The van der Waals surface area contributed by atoms with E-state index in [1.807, 2.05) is 19.1 Å². The summed E-state index contributed by atoms with van der Waals surface area (Å²) in [6.45, 7) is 1.86. The van der Waals surface area contributed by atoms with Crippen LogP contribution >= 0.6 is 0 Å². The van der Waals surface area contributed by atoms with Crippen molar-refractivity contribution < 1.29 is 18.7 Å². The van der Waals surface area contributed by atoms with Gasteiger partial charge in [0.1, 0.15) is 11.5 Å². The van der Waals surface area contributed by atoms with Gasteiger partial charge in [-0.2, -0.15) is 0 Å². The summed E-state index contributed by atoms with van der Waals surface area (Å²) in [7, 11) is 3.13. The highest BCUT2D eigenvalue weighted by Crippen LogP contribution is 2.30. The van der Waals surface area contributed by atoms with Crippen molar-refractivity contribution in [2.75, 3.05) is 14.2 Å². The molecule has 0 radical (unpaired) electrons. The van der Waals surface area contributed by atoms with Crippen LogP contribution in [0, 0.1) is 5.82 Å². The third kappa shape index (κ3) is 3.28. The number of methoxy groups -OCH3 is 2. The zero-order chi connectivity index (χ0) is 18.0. The van der Waals surface area contributed by atoms with E-state index >= 15 is 0 Å². The van der Waals surface area contributed by atoms with Gasteiger partial charge in [0.2, 0.25) is 0 Å². The van der Waals surface area contributed by atoms with Crippen molar-refractivity contribution in [3.63, 3.8) is 0 Å². The van der Waals surface area contributed by atoms with Crippen LogP contribution in [0.25, 0.3) is 10.9 Å². The molecule has 2 aromatic carbocycles. The monoisotopic (exact) mass is 342 g/mol. The molecule has 3 rings (SSSR count). The Morgan fingerprint density at radius 3 is 2.56 bits per heavy atom. The number of carbonyl (C=O) groups is 1. The Morgan fingerprint density at radius 1 is 1.12 bits per heavy atom. The van der Waals surface area contributed by atoms with E-state index in [0.29, 0.717) is 28.1 Å². The van der Waals surface area contributed by atoms with Crippen LogP contribution < -0.4 is 14.8 Å². The topological polar surface area (TPSA) is 63.3 Å². The van der Waals surface area contributed by atoms with Gasteiger partial charge in [-0.3, -0.25) is 4.79 Å². The number of ether oxygens (including phenoxy) is 2. The first kappa shape index (κ1) is 16.8. The minimum absolute atomic E-state index is 0.261. The van der Waals surface area contributed by atoms with Crippen molar-refractivity contribution in [1.82, 2.24) is 10.3 Å². The number of hydrogen-bond donors (Lipinski definition) is 2. The van der Waals surface area contributed by atoms with Crippen molar-refractivity contribution in [2.45, 2.75) is 13.0 Å². The molecule has 1 heterocycles. The van der Waals surface area contributed by atoms with Gasteiger partial charge < -0.3 is 19.8 Å². The number of halogens is 1. The van der Waals surface area contributed by atoms with Gasteiger partial charge in [0.15, 0.2) is 11.5 Å². The van der Waals surface area contributed by atoms with E-state index < -0.39 is 0 Å². The van der Waals surface area contributed by atoms with Gasteiger partial charge in [-0.05, 0) is 42.8 Å². The standard InChI is InChI=1S/C19H19FN2O3/c1-11(12-7-8-17(24-2)18(9-12)25-3)21-19(23)16-10-13-14(20)5-4-6-15(13)22-16/h4-11,22H,1-3H3,(H,21,23). The van der Waals surface area contributed by atoms with Crippen LogP contribution in [0.2, 0.25) is 0 Å². The van der Waals surface area contributed by atoms with Crippen LogP contribution in [-0.2, 0) is 0 Å². The van der Waals surface area contributed by atoms with Gasteiger partial charge >= 0.3 is 0 Å². The molecule has 0 saturated carbocycles. The number of aromatic nitrogens is 1. The number of benzene rings is 2. The zero-order valence-corrected chi connectivity index (χ0v) is 14.2. The highest BCUT2D eigenvalue weighted by Gasteiger charge is 2.16. The number of hydrogen-bond acceptors (Lipinski definition) is 3. The average Bonchev–Trinajstić information content (AvgIpc) is 3.07. The van der Waals surface area contributed by atoms with Gasteiger partial charge in [-0.25, -0.2) is 4.39 Å². The molecule has 1 unspecified atom stereocenters. The molecule has 1 aromatic heterocycles. The summed E-state index contributed by atoms with van der Waals surface area (Å²) >= 11 is 0. The second kappa shape index (κ2) is 6.84. The molecule has 25 heavy (non-hydrogen) atoms. The molecule has 3 aromatic rings. The fraction of sp³-hybridized carbons (Fsp3) is 0.211. The lowest BCUT2D eigenvalue weighted by atomic mass is 10.1. The second-order valence-electron chi connectivity index (χ2n) is 5.69. The number of aromatic amines is 1. The fourth-order valence-corrected chi connectivity index (χ4v) is 2.72. The highest BCUT2D eigenvalue weighted by molar-refractivity contribution is 5.98. The number of rotatable bonds is 5. The van der Waals surface area contributed by atoms with Crippen LogP contribution in [0.15, 0.2) is 42.5 Å². The van der Waals surface area contributed by atoms with Crippen LogP contribution in [0.1, 0.15) is 29.0 Å². The Balaban J connectivity index is 1.80. The molecule has 0 bridgehead atoms. The van der Waals surface area contributed by atoms with E-state index in [1.54, 1.807) is 32.4 Å².